The van der Waals surface area contributed by atoms with Crippen molar-refractivity contribution >= 4 is 15.9 Å². The summed E-state index contributed by atoms with van der Waals surface area (Å²) >= 11 is 0. The Bertz CT molecular complexity index is 1180. The highest BCUT2D eigenvalue weighted by atomic mass is 32.2. The van der Waals surface area contributed by atoms with E-state index >= 15 is 0 Å². The SMILES string of the molecule is Cc1ccc(S(=O)(=O)NCc2ccco2)cc1C(=O)NCC(O)c1ccc(F)c(F)c1. The summed E-state index contributed by atoms with van der Waals surface area (Å²) in [5.74, 6) is -2.35. The second-order valence-corrected chi connectivity index (χ2v) is 8.55. The summed E-state index contributed by atoms with van der Waals surface area (Å²) in [6, 6.07) is 10.3. The van der Waals surface area contributed by atoms with E-state index in [1.165, 1.54) is 30.5 Å². The topological polar surface area (TPSA) is 109 Å². The summed E-state index contributed by atoms with van der Waals surface area (Å²) in [6.07, 6.45) is 0.147. The number of carbonyl (C=O) groups is 1. The zero-order valence-electron chi connectivity index (χ0n) is 16.4. The third-order valence-corrected chi connectivity index (χ3v) is 5.96. The molecule has 0 aliphatic rings. The fraction of sp³-hybridized carbons (Fsp3) is 0.190. The van der Waals surface area contributed by atoms with Gasteiger partial charge in [0.2, 0.25) is 10.0 Å². The highest BCUT2D eigenvalue weighted by Crippen LogP contribution is 2.18. The van der Waals surface area contributed by atoms with Crippen LogP contribution in [-0.2, 0) is 16.6 Å². The molecule has 3 N–H and O–H groups in total. The molecule has 1 amide bonds. The van der Waals surface area contributed by atoms with Gasteiger partial charge >= 0.3 is 0 Å². The van der Waals surface area contributed by atoms with Gasteiger partial charge in [-0.25, -0.2) is 21.9 Å². The fourth-order valence-electron chi connectivity index (χ4n) is 2.80. The van der Waals surface area contributed by atoms with Crippen LogP contribution in [0.2, 0.25) is 0 Å². The number of furan rings is 1. The van der Waals surface area contributed by atoms with Crippen molar-refractivity contribution in [2.45, 2.75) is 24.5 Å². The molecule has 1 atom stereocenters. The van der Waals surface area contributed by atoms with Crippen molar-refractivity contribution < 1.29 is 31.5 Å². The first-order valence-electron chi connectivity index (χ1n) is 9.21. The number of hydrogen-bond acceptors (Lipinski definition) is 5. The number of aliphatic hydroxyl groups is 1. The maximum atomic E-state index is 13.3. The van der Waals surface area contributed by atoms with Gasteiger partial charge < -0.3 is 14.8 Å². The van der Waals surface area contributed by atoms with Crippen molar-refractivity contribution in [1.29, 1.82) is 0 Å². The average Bonchev–Trinajstić information content (AvgIpc) is 3.26. The number of sulfonamides is 1. The van der Waals surface area contributed by atoms with Crippen molar-refractivity contribution in [3.63, 3.8) is 0 Å². The Balaban J connectivity index is 1.70. The van der Waals surface area contributed by atoms with Crippen LogP contribution in [0.25, 0.3) is 0 Å². The molecule has 164 valence electrons. The van der Waals surface area contributed by atoms with E-state index in [2.05, 4.69) is 10.0 Å². The number of aliphatic hydroxyl groups excluding tert-OH is 1. The molecule has 7 nitrogen and oxygen atoms in total. The number of benzene rings is 2. The summed E-state index contributed by atoms with van der Waals surface area (Å²) < 4.78 is 58.9. The van der Waals surface area contributed by atoms with Gasteiger partial charge in [0.05, 0.1) is 23.8 Å². The van der Waals surface area contributed by atoms with E-state index in [9.17, 15) is 27.1 Å². The fourth-order valence-corrected chi connectivity index (χ4v) is 3.82. The third-order valence-electron chi connectivity index (χ3n) is 4.56. The molecule has 0 radical (unpaired) electrons. The molecular weight excluding hydrogens is 430 g/mol. The summed E-state index contributed by atoms with van der Waals surface area (Å²) in [7, 11) is -3.91. The molecule has 0 spiro atoms. The maximum Gasteiger partial charge on any atom is 0.251 e. The van der Waals surface area contributed by atoms with Gasteiger partial charge in [-0.2, -0.15) is 0 Å². The quantitative estimate of drug-likeness (QED) is 0.489. The van der Waals surface area contributed by atoms with Gasteiger partial charge in [-0.3, -0.25) is 4.79 Å². The lowest BCUT2D eigenvalue weighted by Crippen LogP contribution is -2.29. The highest BCUT2D eigenvalue weighted by molar-refractivity contribution is 7.89. The number of halogens is 2. The lowest BCUT2D eigenvalue weighted by atomic mass is 10.1. The summed E-state index contributed by atoms with van der Waals surface area (Å²) in [5.41, 5.74) is 0.706. The van der Waals surface area contributed by atoms with Crippen molar-refractivity contribution in [3.8, 4) is 0 Å². The van der Waals surface area contributed by atoms with Crippen LogP contribution in [0, 0.1) is 18.6 Å². The molecule has 1 unspecified atom stereocenters. The molecule has 0 saturated heterocycles. The number of rotatable bonds is 8. The van der Waals surface area contributed by atoms with E-state index in [0.717, 1.165) is 12.1 Å². The Kier molecular flexibility index (Phi) is 6.84. The molecule has 3 rings (SSSR count). The first-order valence-corrected chi connectivity index (χ1v) is 10.7. The van der Waals surface area contributed by atoms with Crippen molar-refractivity contribution in [2.24, 2.45) is 0 Å². The van der Waals surface area contributed by atoms with Crippen molar-refractivity contribution in [2.75, 3.05) is 6.54 Å². The van der Waals surface area contributed by atoms with Crippen LogP contribution in [0.5, 0.6) is 0 Å². The van der Waals surface area contributed by atoms with Gasteiger partial charge in [0.1, 0.15) is 5.76 Å². The lowest BCUT2D eigenvalue weighted by Gasteiger charge is -2.14. The second-order valence-electron chi connectivity index (χ2n) is 6.78. The second kappa shape index (κ2) is 9.38. The Labute approximate surface area is 177 Å². The van der Waals surface area contributed by atoms with Crippen LogP contribution in [0.4, 0.5) is 8.78 Å². The first-order chi connectivity index (χ1) is 14.7. The van der Waals surface area contributed by atoms with Crippen molar-refractivity contribution in [3.05, 3.63) is 88.9 Å². The number of nitrogens with one attached hydrogen (secondary N) is 2. The van der Waals surface area contributed by atoms with Gasteiger partial charge in [0.15, 0.2) is 11.6 Å². The molecule has 0 bridgehead atoms. The number of amides is 1. The van der Waals surface area contributed by atoms with E-state index < -0.39 is 33.7 Å². The number of carbonyl (C=O) groups excluding carboxylic acids is 1. The monoisotopic (exact) mass is 450 g/mol. The van der Waals surface area contributed by atoms with E-state index in [-0.39, 0.29) is 29.1 Å². The predicted octanol–water partition coefficient (Wildman–Crippen LogP) is 2.81. The van der Waals surface area contributed by atoms with Gasteiger partial charge in [-0.05, 0) is 54.4 Å². The molecule has 0 aliphatic heterocycles. The molecule has 10 heteroatoms. The van der Waals surface area contributed by atoms with Gasteiger partial charge in [-0.1, -0.05) is 12.1 Å². The zero-order valence-corrected chi connectivity index (χ0v) is 17.2. The summed E-state index contributed by atoms with van der Waals surface area (Å²) in [5, 5.41) is 12.6. The third kappa shape index (κ3) is 5.54. The van der Waals surface area contributed by atoms with E-state index in [4.69, 9.17) is 4.42 Å². The molecular formula is C21H20F2N2O5S. The van der Waals surface area contributed by atoms with Crippen LogP contribution >= 0.6 is 0 Å². The molecule has 31 heavy (non-hydrogen) atoms. The normalized spacial score (nSPS) is 12.5. The molecule has 3 aromatic rings. The average molecular weight is 450 g/mol. The number of hydrogen-bond donors (Lipinski definition) is 3. The number of aryl methyl sites for hydroxylation is 1. The molecule has 1 aromatic heterocycles. The molecule has 2 aromatic carbocycles. The zero-order chi connectivity index (χ0) is 22.6. The minimum Gasteiger partial charge on any atom is -0.468 e. The van der Waals surface area contributed by atoms with Gasteiger partial charge in [0, 0.05) is 12.1 Å². The molecule has 0 aliphatic carbocycles. The van der Waals surface area contributed by atoms with Crippen LogP contribution in [-0.4, -0.2) is 26.0 Å². The van der Waals surface area contributed by atoms with E-state index in [0.29, 0.717) is 11.3 Å². The predicted molar refractivity (Wildman–Crippen MR) is 108 cm³/mol. The van der Waals surface area contributed by atoms with Crippen LogP contribution in [0.3, 0.4) is 0 Å². The van der Waals surface area contributed by atoms with Crippen LogP contribution < -0.4 is 10.0 Å². The smallest absolute Gasteiger partial charge is 0.251 e. The van der Waals surface area contributed by atoms with Crippen molar-refractivity contribution in [1.82, 2.24) is 10.0 Å². The van der Waals surface area contributed by atoms with Crippen LogP contribution in [0.1, 0.15) is 33.3 Å². The highest BCUT2D eigenvalue weighted by Gasteiger charge is 2.19. The maximum absolute atomic E-state index is 13.3. The molecule has 1 heterocycles. The summed E-state index contributed by atoms with van der Waals surface area (Å²) in [6.45, 7) is 1.30. The molecule has 0 fully saturated rings. The first kappa shape index (κ1) is 22.6. The minimum atomic E-state index is -3.91. The Hall–Kier alpha value is -3.08. The standard InChI is InChI=1S/C21H20F2N2O5S/c1-13-4-6-16(31(28,29)25-11-15-3-2-8-30-15)10-17(13)21(27)24-12-20(26)14-5-7-18(22)19(23)9-14/h2-10,20,25-26H,11-12H2,1H3,(H,24,27). The Morgan fingerprint density at radius 3 is 2.58 bits per heavy atom. The lowest BCUT2D eigenvalue weighted by molar-refractivity contribution is 0.0915. The molecule has 0 saturated carbocycles. The van der Waals surface area contributed by atoms with Gasteiger partial charge in [-0.15, -0.1) is 0 Å². The largest absolute Gasteiger partial charge is 0.468 e. The Morgan fingerprint density at radius 1 is 1.13 bits per heavy atom. The minimum absolute atomic E-state index is 0.0504. The van der Waals surface area contributed by atoms with E-state index in [1.807, 2.05) is 0 Å². The summed E-state index contributed by atoms with van der Waals surface area (Å²) in [4.78, 5) is 12.4. The van der Waals surface area contributed by atoms with Gasteiger partial charge in [0.25, 0.3) is 5.91 Å². The van der Waals surface area contributed by atoms with Crippen LogP contribution in [0.15, 0.2) is 64.1 Å². The van der Waals surface area contributed by atoms with E-state index in [1.54, 1.807) is 19.1 Å². The Morgan fingerprint density at radius 2 is 1.90 bits per heavy atom.